The highest BCUT2D eigenvalue weighted by atomic mass is 16.2. The number of hydrogen-bond acceptors (Lipinski definition) is 3. The molecule has 5 nitrogen and oxygen atoms in total. The molecule has 16 heavy (non-hydrogen) atoms. The minimum Gasteiger partial charge on any atom is -0.396 e. The second kappa shape index (κ2) is 5.53. The Hall–Kier alpha value is -1.52. The lowest BCUT2D eigenvalue weighted by atomic mass is 10.0. The number of amides is 1. The van der Waals surface area contributed by atoms with Crippen LogP contribution in [0.5, 0.6) is 0 Å². The summed E-state index contributed by atoms with van der Waals surface area (Å²) in [6.45, 7) is 6.48. The molecule has 90 valence electrons. The van der Waals surface area contributed by atoms with Crippen LogP contribution in [0.3, 0.4) is 0 Å². The monoisotopic (exact) mass is 224 g/mol. The van der Waals surface area contributed by atoms with Crippen molar-refractivity contribution in [1.82, 2.24) is 15.1 Å². The van der Waals surface area contributed by atoms with Gasteiger partial charge in [-0.25, -0.2) is 0 Å². The third kappa shape index (κ3) is 3.56. The highest BCUT2D eigenvalue weighted by molar-refractivity contribution is 5.76. The molecular formula is C11H20N4O. The van der Waals surface area contributed by atoms with E-state index in [4.69, 9.17) is 5.73 Å². The number of anilines is 1. The number of aromatic nitrogens is 2. The van der Waals surface area contributed by atoms with Crippen LogP contribution in [-0.4, -0.2) is 21.7 Å². The normalized spacial score (nSPS) is 12.8. The Balaban J connectivity index is 2.47. The van der Waals surface area contributed by atoms with Crippen LogP contribution in [-0.2, 0) is 11.3 Å². The molecule has 5 heteroatoms. The van der Waals surface area contributed by atoms with Gasteiger partial charge in [-0.05, 0) is 12.3 Å². The van der Waals surface area contributed by atoms with Gasteiger partial charge in [-0.3, -0.25) is 9.48 Å². The molecule has 1 atom stereocenters. The summed E-state index contributed by atoms with van der Waals surface area (Å²) in [5.74, 6) is 0.417. The fraction of sp³-hybridized carbons (Fsp3) is 0.636. The summed E-state index contributed by atoms with van der Waals surface area (Å²) in [5, 5.41) is 6.95. The summed E-state index contributed by atoms with van der Waals surface area (Å²) in [6.07, 6.45) is 4.12. The smallest absolute Gasteiger partial charge is 0.241 e. The minimum atomic E-state index is -0.0244. The fourth-order valence-electron chi connectivity index (χ4n) is 1.61. The van der Waals surface area contributed by atoms with Gasteiger partial charge in [-0.1, -0.05) is 20.8 Å². The molecule has 0 aliphatic heterocycles. The van der Waals surface area contributed by atoms with E-state index in [1.54, 1.807) is 6.20 Å². The molecule has 0 radical (unpaired) electrons. The summed E-state index contributed by atoms with van der Waals surface area (Å²) >= 11 is 0. The molecule has 3 N–H and O–H groups in total. The molecule has 1 unspecified atom stereocenters. The summed E-state index contributed by atoms with van der Waals surface area (Å²) in [7, 11) is 0. The largest absolute Gasteiger partial charge is 0.396 e. The van der Waals surface area contributed by atoms with Gasteiger partial charge in [0, 0.05) is 12.2 Å². The molecule has 0 aliphatic rings. The number of hydrogen-bond donors (Lipinski definition) is 2. The van der Waals surface area contributed by atoms with E-state index >= 15 is 0 Å². The van der Waals surface area contributed by atoms with Gasteiger partial charge in [-0.2, -0.15) is 5.10 Å². The Kier molecular flexibility index (Phi) is 4.34. The molecule has 1 rings (SSSR count). The topological polar surface area (TPSA) is 72.9 Å². The maximum Gasteiger partial charge on any atom is 0.241 e. The van der Waals surface area contributed by atoms with Crippen molar-refractivity contribution in [3.63, 3.8) is 0 Å². The summed E-state index contributed by atoms with van der Waals surface area (Å²) in [6, 6.07) is 0.223. The fourth-order valence-corrected chi connectivity index (χ4v) is 1.61. The molecule has 0 bridgehead atoms. The molecule has 0 saturated carbocycles. The van der Waals surface area contributed by atoms with Crippen molar-refractivity contribution in [3.05, 3.63) is 12.4 Å². The Bertz CT molecular complexity index is 346. The van der Waals surface area contributed by atoms with Crippen LogP contribution in [0.4, 0.5) is 5.69 Å². The number of nitrogens with one attached hydrogen (secondary N) is 1. The lowest BCUT2D eigenvalue weighted by Crippen LogP contribution is -2.39. The van der Waals surface area contributed by atoms with Crippen LogP contribution in [0.1, 0.15) is 27.2 Å². The third-order valence-electron chi connectivity index (χ3n) is 2.55. The van der Waals surface area contributed by atoms with E-state index in [0.29, 0.717) is 11.6 Å². The second-order valence-electron chi connectivity index (χ2n) is 4.30. The molecule has 0 spiro atoms. The summed E-state index contributed by atoms with van der Waals surface area (Å²) in [4.78, 5) is 11.7. The molecule has 0 aliphatic carbocycles. The predicted octanol–water partition coefficient (Wildman–Crippen LogP) is 1.02. The van der Waals surface area contributed by atoms with Crippen LogP contribution < -0.4 is 11.1 Å². The van der Waals surface area contributed by atoms with Crippen molar-refractivity contribution < 1.29 is 4.79 Å². The van der Waals surface area contributed by atoms with E-state index in [-0.39, 0.29) is 18.5 Å². The Morgan fingerprint density at radius 1 is 1.62 bits per heavy atom. The van der Waals surface area contributed by atoms with Gasteiger partial charge < -0.3 is 11.1 Å². The zero-order chi connectivity index (χ0) is 12.1. The molecular weight excluding hydrogens is 204 g/mol. The SMILES string of the molecule is CCC(NC(=O)Cn1cc(N)cn1)C(C)C. The van der Waals surface area contributed by atoms with E-state index in [9.17, 15) is 4.79 Å². The number of carbonyl (C=O) groups is 1. The van der Waals surface area contributed by atoms with E-state index in [2.05, 4.69) is 31.2 Å². The molecule has 1 aromatic heterocycles. The molecule has 0 fully saturated rings. The van der Waals surface area contributed by atoms with Gasteiger partial charge in [0.1, 0.15) is 6.54 Å². The number of carbonyl (C=O) groups excluding carboxylic acids is 1. The van der Waals surface area contributed by atoms with Crippen LogP contribution >= 0.6 is 0 Å². The molecule has 0 aromatic carbocycles. The van der Waals surface area contributed by atoms with Crippen molar-refractivity contribution in [2.45, 2.75) is 39.8 Å². The van der Waals surface area contributed by atoms with Crippen molar-refractivity contribution in [2.75, 3.05) is 5.73 Å². The predicted molar refractivity (Wildman–Crippen MR) is 63.7 cm³/mol. The summed E-state index contributed by atoms with van der Waals surface area (Å²) < 4.78 is 1.54. The third-order valence-corrected chi connectivity index (χ3v) is 2.55. The lowest BCUT2D eigenvalue weighted by molar-refractivity contribution is -0.122. The van der Waals surface area contributed by atoms with Crippen LogP contribution in [0.25, 0.3) is 0 Å². The van der Waals surface area contributed by atoms with Gasteiger partial charge in [0.2, 0.25) is 5.91 Å². The number of nitrogens with two attached hydrogens (primary N) is 1. The van der Waals surface area contributed by atoms with E-state index < -0.39 is 0 Å². The van der Waals surface area contributed by atoms with Gasteiger partial charge in [0.15, 0.2) is 0 Å². The quantitative estimate of drug-likeness (QED) is 0.784. The van der Waals surface area contributed by atoms with Crippen molar-refractivity contribution in [2.24, 2.45) is 5.92 Å². The van der Waals surface area contributed by atoms with Crippen LogP contribution in [0.15, 0.2) is 12.4 Å². The summed E-state index contributed by atoms with van der Waals surface area (Å²) in [5.41, 5.74) is 6.09. The van der Waals surface area contributed by atoms with Crippen molar-refractivity contribution >= 4 is 11.6 Å². The van der Waals surface area contributed by atoms with E-state index in [1.807, 2.05) is 0 Å². The molecule has 1 heterocycles. The highest BCUT2D eigenvalue weighted by Crippen LogP contribution is 2.05. The van der Waals surface area contributed by atoms with Crippen molar-refractivity contribution in [3.8, 4) is 0 Å². The maximum atomic E-state index is 11.7. The van der Waals surface area contributed by atoms with Crippen LogP contribution in [0.2, 0.25) is 0 Å². The first-order chi connectivity index (χ1) is 7.52. The van der Waals surface area contributed by atoms with Crippen molar-refractivity contribution in [1.29, 1.82) is 0 Å². The second-order valence-corrected chi connectivity index (χ2v) is 4.30. The average molecular weight is 224 g/mol. The Labute approximate surface area is 96.0 Å². The standard InChI is InChI=1S/C11H20N4O/c1-4-10(8(2)3)14-11(16)7-15-6-9(12)5-13-15/h5-6,8,10H,4,7,12H2,1-3H3,(H,14,16). The number of nitrogen functional groups attached to an aromatic ring is 1. The molecule has 0 saturated heterocycles. The zero-order valence-electron chi connectivity index (χ0n) is 10.1. The van der Waals surface area contributed by atoms with Gasteiger partial charge >= 0.3 is 0 Å². The first-order valence-electron chi connectivity index (χ1n) is 5.60. The molecule has 1 amide bonds. The number of rotatable bonds is 5. The number of nitrogens with zero attached hydrogens (tertiary/aromatic N) is 2. The zero-order valence-corrected chi connectivity index (χ0v) is 10.1. The van der Waals surface area contributed by atoms with Gasteiger partial charge in [-0.15, -0.1) is 0 Å². The first-order valence-corrected chi connectivity index (χ1v) is 5.60. The van der Waals surface area contributed by atoms with Gasteiger partial charge in [0.25, 0.3) is 0 Å². The Morgan fingerprint density at radius 2 is 2.31 bits per heavy atom. The maximum absolute atomic E-state index is 11.7. The van der Waals surface area contributed by atoms with Crippen LogP contribution in [0, 0.1) is 5.92 Å². The lowest BCUT2D eigenvalue weighted by Gasteiger charge is -2.20. The average Bonchev–Trinajstić information content (AvgIpc) is 2.60. The molecule has 1 aromatic rings. The minimum absolute atomic E-state index is 0.0244. The van der Waals surface area contributed by atoms with E-state index in [1.165, 1.54) is 10.9 Å². The van der Waals surface area contributed by atoms with Gasteiger partial charge in [0.05, 0.1) is 11.9 Å². The van der Waals surface area contributed by atoms with E-state index in [0.717, 1.165) is 6.42 Å². The first kappa shape index (κ1) is 12.5. The Morgan fingerprint density at radius 3 is 2.75 bits per heavy atom. The highest BCUT2D eigenvalue weighted by Gasteiger charge is 2.14.